The van der Waals surface area contributed by atoms with Gasteiger partial charge in [-0.2, -0.15) is 0 Å². The van der Waals surface area contributed by atoms with Gasteiger partial charge >= 0.3 is 0 Å². The fourth-order valence-electron chi connectivity index (χ4n) is 3.24. The Bertz CT molecular complexity index is 1140. The Kier molecular flexibility index (Phi) is 4.75. The molecule has 0 aliphatic carbocycles. The molecule has 1 aliphatic heterocycles. The van der Waals surface area contributed by atoms with Crippen LogP contribution >= 0.6 is 0 Å². The summed E-state index contributed by atoms with van der Waals surface area (Å²) in [5, 5.41) is 0. The molecule has 6 heteroatoms. The van der Waals surface area contributed by atoms with Crippen LogP contribution in [0.3, 0.4) is 0 Å². The second-order valence-electron chi connectivity index (χ2n) is 6.53. The Balaban J connectivity index is 1.68. The SMILES string of the molecule is CN1C(=O)c2ccc(N=Cc3ccccc3N(C=O)c3ccccc3)cc2C1=O. The van der Waals surface area contributed by atoms with Gasteiger partial charge in [-0.25, -0.2) is 0 Å². The Morgan fingerprint density at radius 3 is 2.31 bits per heavy atom. The Morgan fingerprint density at radius 1 is 0.862 bits per heavy atom. The van der Waals surface area contributed by atoms with Crippen LogP contribution in [0.5, 0.6) is 0 Å². The maximum absolute atomic E-state index is 12.2. The normalized spacial score (nSPS) is 13.1. The first-order chi connectivity index (χ1) is 14.1. The summed E-state index contributed by atoms with van der Waals surface area (Å²) < 4.78 is 0. The molecule has 0 spiro atoms. The molecule has 0 unspecified atom stereocenters. The molecule has 1 heterocycles. The first-order valence-corrected chi connectivity index (χ1v) is 8.99. The lowest BCUT2D eigenvalue weighted by Gasteiger charge is -2.19. The minimum atomic E-state index is -0.335. The smallest absolute Gasteiger partial charge is 0.261 e. The third-order valence-electron chi connectivity index (χ3n) is 4.76. The highest BCUT2D eigenvalue weighted by atomic mass is 16.2. The van der Waals surface area contributed by atoms with E-state index in [9.17, 15) is 14.4 Å². The lowest BCUT2D eigenvalue weighted by Crippen LogP contribution is -2.24. The van der Waals surface area contributed by atoms with E-state index in [1.54, 1.807) is 29.3 Å². The molecule has 0 atom stereocenters. The van der Waals surface area contributed by atoms with E-state index in [0.29, 0.717) is 22.5 Å². The first-order valence-electron chi connectivity index (χ1n) is 8.99. The molecular weight excluding hydrogens is 366 g/mol. The van der Waals surface area contributed by atoms with Gasteiger partial charge in [0.15, 0.2) is 0 Å². The number of hydrogen-bond acceptors (Lipinski definition) is 4. The molecule has 3 aromatic rings. The monoisotopic (exact) mass is 383 g/mol. The van der Waals surface area contributed by atoms with Crippen molar-refractivity contribution in [1.29, 1.82) is 0 Å². The van der Waals surface area contributed by atoms with Crippen molar-refractivity contribution in [3.8, 4) is 0 Å². The number of hydrogen-bond donors (Lipinski definition) is 0. The van der Waals surface area contributed by atoms with Crippen LogP contribution in [-0.4, -0.2) is 36.4 Å². The number of para-hydroxylation sites is 2. The van der Waals surface area contributed by atoms with Crippen molar-refractivity contribution in [2.75, 3.05) is 11.9 Å². The van der Waals surface area contributed by atoms with E-state index in [-0.39, 0.29) is 11.8 Å². The van der Waals surface area contributed by atoms with Gasteiger partial charge in [-0.1, -0.05) is 36.4 Å². The number of fused-ring (bicyclic) bond motifs is 1. The van der Waals surface area contributed by atoms with E-state index in [4.69, 9.17) is 0 Å². The van der Waals surface area contributed by atoms with Gasteiger partial charge in [0.25, 0.3) is 11.8 Å². The van der Waals surface area contributed by atoms with Gasteiger partial charge in [0.1, 0.15) is 0 Å². The summed E-state index contributed by atoms with van der Waals surface area (Å²) in [6.45, 7) is 0. The van der Waals surface area contributed by atoms with E-state index in [1.165, 1.54) is 7.05 Å². The fourth-order valence-corrected chi connectivity index (χ4v) is 3.24. The second-order valence-corrected chi connectivity index (χ2v) is 6.53. The van der Waals surface area contributed by atoms with Crippen LogP contribution in [0.25, 0.3) is 0 Å². The molecule has 6 nitrogen and oxygen atoms in total. The zero-order valence-electron chi connectivity index (χ0n) is 15.6. The number of benzene rings is 3. The Morgan fingerprint density at radius 2 is 1.55 bits per heavy atom. The highest BCUT2D eigenvalue weighted by molar-refractivity contribution is 6.21. The number of rotatable bonds is 5. The molecule has 0 saturated heterocycles. The molecule has 0 radical (unpaired) electrons. The minimum absolute atomic E-state index is 0.310. The van der Waals surface area contributed by atoms with Crippen molar-refractivity contribution in [2.45, 2.75) is 0 Å². The van der Waals surface area contributed by atoms with Crippen LogP contribution in [0, 0.1) is 0 Å². The molecule has 1 aliphatic rings. The van der Waals surface area contributed by atoms with E-state index in [2.05, 4.69) is 4.99 Å². The zero-order chi connectivity index (χ0) is 20.4. The Hall–Kier alpha value is -4.06. The lowest BCUT2D eigenvalue weighted by molar-refractivity contribution is -0.106. The number of nitrogens with zero attached hydrogens (tertiary/aromatic N) is 3. The second kappa shape index (κ2) is 7.52. The fraction of sp³-hybridized carbons (Fsp3) is 0.0435. The third kappa shape index (κ3) is 3.32. The van der Waals surface area contributed by atoms with Gasteiger partial charge in [0.05, 0.1) is 22.5 Å². The van der Waals surface area contributed by atoms with Crippen LogP contribution < -0.4 is 4.90 Å². The molecule has 4 rings (SSSR count). The summed E-state index contributed by atoms with van der Waals surface area (Å²) in [6.07, 6.45) is 2.40. The molecule has 0 bridgehead atoms. The lowest BCUT2D eigenvalue weighted by atomic mass is 10.1. The predicted octanol–water partition coefficient (Wildman–Crippen LogP) is 3.96. The average Bonchev–Trinajstić information content (AvgIpc) is 2.98. The van der Waals surface area contributed by atoms with Gasteiger partial charge in [0.2, 0.25) is 6.41 Å². The molecule has 3 aromatic carbocycles. The first kappa shape index (κ1) is 18.3. The van der Waals surface area contributed by atoms with Crippen LogP contribution in [0.15, 0.2) is 77.8 Å². The Labute approximate surface area is 167 Å². The number of imide groups is 1. The van der Waals surface area contributed by atoms with Crippen molar-refractivity contribution in [3.63, 3.8) is 0 Å². The zero-order valence-corrected chi connectivity index (χ0v) is 15.6. The van der Waals surface area contributed by atoms with Crippen LogP contribution in [0.2, 0.25) is 0 Å². The third-order valence-corrected chi connectivity index (χ3v) is 4.76. The summed E-state index contributed by atoms with van der Waals surface area (Å²) >= 11 is 0. The largest absolute Gasteiger partial charge is 0.283 e. The maximum Gasteiger partial charge on any atom is 0.261 e. The van der Waals surface area contributed by atoms with Crippen molar-refractivity contribution in [2.24, 2.45) is 4.99 Å². The summed E-state index contributed by atoms with van der Waals surface area (Å²) in [4.78, 5) is 43.1. The topological polar surface area (TPSA) is 70.1 Å². The number of aliphatic imine (C=N–C) groups is 1. The number of carbonyl (C=O) groups excluding carboxylic acids is 3. The minimum Gasteiger partial charge on any atom is -0.283 e. The van der Waals surface area contributed by atoms with Gasteiger partial charge in [-0.3, -0.25) is 29.2 Å². The summed E-state index contributed by atoms with van der Waals surface area (Å²) in [6, 6.07) is 21.6. The molecule has 0 saturated carbocycles. The maximum atomic E-state index is 12.2. The van der Waals surface area contributed by atoms with Crippen molar-refractivity contribution < 1.29 is 14.4 Å². The van der Waals surface area contributed by atoms with E-state index in [1.807, 2.05) is 54.6 Å². The van der Waals surface area contributed by atoms with Crippen LogP contribution in [0.4, 0.5) is 17.1 Å². The molecular formula is C23H17N3O3. The van der Waals surface area contributed by atoms with Crippen molar-refractivity contribution in [3.05, 3.63) is 89.5 Å². The average molecular weight is 383 g/mol. The van der Waals surface area contributed by atoms with Gasteiger partial charge in [-0.05, 0) is 36.4 Å². The predicted molar refractivity (Wildman–Crippen MR) is 111 cm³/mol. The quantitative estimate of drug-likeness (QED) is 0.380. The summed E-state index contributed by atoms with van der Waals surface area (Å²) in [5.74, 6) is -0.644. The van der Waals surface area contributed by atoms with Gasteiger partial charge in [0, 0.05) is 24.5 Å². The number of anilines is 2. The molecule has 29 heavy (non-hydrogen) atoms. The van der Waals surface area contributed by atoms with E-state index >= 15 is 0 Å². The van der Waals surface area contributed by atoms with Crippen LogP contribution in [-0.2, 0) is 4.79 Å². The highest BCUT2D eigenvalue weighted by Crippen LogP contribution is 2.28. The summed E-state index contributed by atoms with van der Waals surface area (Å²) in [7, 11) is 1.46. The van der Waals surface area contributed by atoms with Gasteiger partial charge in [-0.15, -0.1) is 0 Å². The molecule has 0 N–H and O–H groups in total. The summed E-state index contributed by atoms with van der Waals surface area (Å²) in [5.41, 5.74) is 3.45. The molecule has 0 fully saturated rings. The molecule has 142 valence electrons. The molecule has 0 aromatic heterocycles. The van der Waals surface area contributed by atoms with Crippen molar-refractivity contribution in [1.82, 2.24) is 4.90 Å². The standard InChI is InChI=1S/C23H17N3O3/c1-25-22(28)19-12-11-17(13-20(19)23(25)29)24-14-16-7-5-6-10-21(16)26(15-27)18-8-3-2-4-9-18/h2-15H,1H3. The van der Waals surface area contributed by atoms with Gasteiger partial charge < -0.3 is 0 Å². The number of amides is 3. The van der Waals surface area contributed by atoms with Crippen molar-refractivity contribution >= 4 is 41.5 Å². The van der Waals surface area contributed by atoms with E-state index < -0.39 is 0 Å². The van der Waals surface area contributed by atoms with E-state index in [0.717, 1.165) is 22.6 Å². The highest BCUT2D eigenvalue weighted by Gasteiger charge is 2.32. The molecule has 3 amide bonds. The van der Waals surface area contributed by atoms with Crippen LogP contribution in [0.1, 0.15) is 26.3 Å². The number of carbonyl (C=O) groups is 3.